The lowest BCUT2D eigenvalue weighted by Crippen LogP contribution is -2.25. The summed E-state index contributed by atoms with van der Waals surface area (Å²) < 4.78 is 5.46. The third-order valence-electron chi connectivity index (χ3n) is 3.37. The van der Waals surface area contributed by atoms with Crippen molar-refractivity contribution < 1.29 is 9.84 Å². The number of aliphatic hydroxyl groups is 1. The van der Waals surface area contributed by atoms with Crippen molar-refractivity contribution in [2.45, 2.75) is 45.6 Å². The van der Waals surface area contributed by atoms with Crippen LogP contribution in [0.25, 0.3) is 0 Å². The fourth-order valence-corrected chi connectivity index (χ4v) is 2.10. The number of ether oxygens (including phenoxy) is 1. The van der Waals surface area contributed by atoms with Gasteiger partial charge in [0.25, 0.3) is 0 Å². The van der Waals surface area contributed by atoms with Gasteiger partial charge in [0.05, 0.1) is 24.0 Å². The molecule has 0 aliphatic heterocycles. The Balaban J connectivity index is 2.26. The lowest BCUT2D eigenvalue weighted by atomic mass is 10.1. The third-order valence-corrected chi connectivity index (χ3v) is 3.37. The minimum atomic E-state index is -0.566. The molecule has 0 saturated heterocycles. The van der Waals surface area contributed by atoms with Crippen LogP contribution in [0, 0.1) is 18.3 Å². The van der Waals surface area contributed by atoms with Crippen LogP contribution in [-0.2, 0) is 4.74 Å². The normalized spacial score (nSPS) is 11.9. The zero-order chi connectivity index (χ0) is 15.5. The van der Waals surface area contributed by atoms with Crippen LogP contribution < -0.4 is 5.32 Å². The predicted octanol–water partition coefficient (Wildman–Crippen LogP) is 3.24. The van der Waals surface area contributed by atoms with Crippen molar-refractivity contribution in [3.05, 3.63) is 29.3 Å². The molecule has 1 atom stereocenters. The molecule has 1 rings (SSSR count). The number of benzene rings is 1. The van der Waals surface area contributed by atoms with Gasteiger partial charge in [-0.1, -0.05) is 38.3 Å². The highest BCUT2D eigenvalue weighted by atomic mass is 16.5. The molecule has 0 fully saturated rings. The first-order valence-electron chi connectivity index (χ1n) is 7.68. The number of hydrogen-bond donors (Lipinski definition) is 2. The van der Waals surface area contributed by atoms with Crippen LogP contribution >= 0.6 is 0 Å². The zero-order valence-corrected chi connectivity index (χ0v) is 13.1. The van der Waals surface area contributed by atoms with E-state index in [1.807, 2.05) is 25.1 Å². The van der Waals surface area contributed by atoms with Gasteiger partial charge in [-0.25, -0.2) is 0 Å². The smallest absolute Gasteiger partial charge is 0.102 e. The minimum absolute atomic E-state index is 0.326. The Morgan fingerprint density at radius 3 is 2.86 bits per heavy atom. The summed E-state index contributed by atoms with van der Waals surface area (Å²) in [5.41, 5.74) is 2.33. The molecule has 0 aliphatic rings. The summed E-state index contributed by atoms with van der Waals surface area (Å²) in [5.74, 6) is 0. The van der Waals surface area contributed by atoms with E-state index in [1.165, 1.54) is 19.3 Å². The highest BCUT2D eigenvalue weighted by Crippen LogP contribution is 2.18. The Morgan fingerprint density at radius 2 is 2.14 bits per heavy atom. The van der Waals surface area contributed by atoms with Crippen molar-refractivity contribution >= 4 is 5.69 Å². The third kappa shape index (κ3) is 6.61. The number of aliphatic hydroxyl groups excluding tert-OH is 1. The van der Waals surface area contributed by atoms with Crippen LogP contribution in [0.3, 0.4) is 0 Å². The molecule has 0 amide bonds. The molecule has 4 nitrogen and oxygen atoms in total. The minimum Gasteiger partial charge on any atom is -0.389 e. The quantitative estimate of drug-likeness (QED) is 0.649. The molecule has 4 heteroatoms. The second-order valence-corrected chi connectivity index (χ2v) is 5.28. The molecule has 0 heterocycles. The van der Waals surface area contributed by atoms with E-state index in [0.29, 0.717) is 25.3 Å². The van der Waals surface area contributed by atoms with Gasteiger partial charge in [-0.05, 0) is 25.0 Å². The van der Waals surface area contributed by atoms with Crippen LogP contribution in [0.4, 0.5) is 5.69 Å². The Hall–Kier alpha value is -1.57. The van der Waals surface area contributed by atoms with Gasteiger partial charge in [-0.15, -0.1) is 0 Å². The van der Waals surface area contributed by atoms with Crippen molar-refractivity contribution in [3.63, 3.8) is 0 Å². The van der Waals surface area contributed by atoms with Gasteiger partial charge in [0, 0.05) is 13.2 Å². The molecule has 21 heavy (non-hydrogen) atoms. The first-order valence-corrected chi connectivity index (χ1v) is 7.68. The summed E-state index contributed by atoms with van der Waals surface area (Å²) in [6.07, 6.45) is 4.11. The van der Waals surface area contributed by atoms with Crippen molar-refractivity contribution in [3.8, 4) is 6.07 Å². The van der Waals surface area contributed by atoms with E-state index in [-0.39, 0.29) is 0 Å². The Kier molecular flexibility index (Phi) is 8.49. The van der Waals surface area contributed by atoms with E-state index in [9.17, 15) is 5.11 Å². The van der Waals surface area contributed by atoms with Crippen LogP contribution in [0.2, 0.25) is 0 Å². The maximum Gasteiger partial charge on any atom is 0.102 e. The van der Waals surface area contributed by atoms with E-state index in [4.69, 9.17) is 10.00 Å². The monoisotopic (exact) mass is 290 g/mol. The molecule has 1 unspecified atom stereocenters. The fraction of sp³-hybridized carbons (Fsp3) is 0.588. The lowest BCUT2D eigenvalue weighted by molar-refractivity contribution is 0.0417. The Morgan fingerprint density at radius 1 is 1.33 bits per heavy atom. The molecule has 0 aliphatic carbocycles. The standard InChI is InChI=1S/C17H26N2O2/c1-3-4-5-6-10-21-13-15(20)12-19-17-9-7-8-14(2)16(17)11-18/h7-9,15,19-20H,3-6,10,12-13H2,1-2H3. The molecule has 0 bridgehead atoms. The predicted molar refractivity (Wildman–Crippen MR) is 85.4 cm³/mol. The average molecular weight is 290 g/mol. The second kappa shape index (κ2) is 10.2. The molecule has 1 aromatic rings. The highest BCUT2D eigenvalue weighted by molar-refractivity contribution is 5.60. The van der Waals surface area contributed by atoms with Crippen molar-refractivity contribution in [1.29, 1.82) is 5.26 Å². The number of nitriles is 1. The van der Waals surface area contributed by atoms with Gasteiger partial charge >= 0.3 is 0 Å². The van der Waals surface area contributed by atoms with E-state index >= 15 is 0 Å². The van der Waals surface area contributed by atoms with Gasteiger partial charge in [-0.2, -0.15) is 5.26 Å². The Labute approximate surface area is 127 Å². The fourth-order valence-electron chi connectivity index (χ4n) is 2.10. The SMILES string of the molecule is CCCCCCOCC(O)CNc1cccc(C)c1C#N. The first kappa shape index (κ1) is 17.5. The lowest BCUT2D eigenvalue weighted by Gasteiger charge is -2.14. The largest absolute Gasteiger partial charge is 0.389 e. The van der Waals surface area contributed by atoms with Gasteiger partial charge < -0.3 is 15.2 Å². The van der Waals surface area contributed by atoms with E-state index in [1.54, 1.807) is 0 Å². The van der Waals surface area contributed by atoms with Crippen molar-refractivity contribution in [1.82, 2.24) is 0 Å². The molecule has 0 aromatic heterocycles. The first-order chi connectivity index (χ1) is 10.2. The van der Waals surface area contributed by atoms with Gasteiger partial charge in [0.1, 0.15) is 6.07 Å². The van der Waals surface area contributed by atoms with E-state index < -0.39 is 6.10 Å². The molecular formula is C17H26N2O2. The molecule has 0 saturated carbocycles. The number of aryl methyl sites for hydroxylation is 1. The summed E-state index contributed by atoms with van der Waals surface area (Å²) in [6.45, 7) is 5.49. The maximum atomic E-state index is 9.88. The number of unbranched alkanes of at least 4 members (excludes halogenated alkanes) is 3. The number of anilines is 1. The van der Waals surface area contributed by atoms with Crippen LogP contribution in [0.15, 0.2) is 18.2 Å². The average Bonchev–Trinajstić information content (AvgIpc) is 2.48. The van der Waals surface area contributed by atoms with Gasteiger partial charge in [0.15, 0.2) is 0 Å². The molecule has 0 radical (unpaired) electrons. The molecule has 116 valence electrons. The van der Waals surface area contributed by atoms with E-state index in [2.05, 4.69) is 18.3 Å². The summed E-state index contributed by atoms with van der Waals surface area (Å²) in [7, 11) is 0. The topological polar surface area (TPSA) is 65.3 Å². The Bertz CT molecular complexity index is 455. The number of nitrogens with one attached hydrogen (secondary N) is 1. The highest BCUT2D eigenvalue weighted by Gasteiger charge is 2.08. The number of nitrogens with zero attached hydrogens (tertiary/aromatic N) is 1. The summed E-state index contributed by atoms with van der Waals surface area (Å²) in [5, 5.41) is 22.1. The molecular weight excluding hydrogens is 264 g/mol. The summed E-state index contributed by atoms with van der Waals surface area (Å²) >= 11 is 0. The number of rotatable bonds is 10. The van der Waals surface area contributed by atoms with Gasteiger partial charge in [-0.3, -0.25) is 0 Å². The molecule has 0 spiro atoms. The van der Waals surface area contributed by atoms with Gasteiger partial charge in [0.2, 0.25) is 0 Å². The molecule has 2 N–H and O–H groups in total. The van der Waals surface area contributed by atoms with Crippen LogP contribution in [-0.4, -0.2) is 31.0 Å². The summed E-state index contributed by atoms with van der Waals surface area (Å²) in [4.78, 5) is 0. The van der Waals surface area contributed by atoms with Crippen molar-refractivity contribution in [2.75, 3.05) is 25.1 Å². The zero-order valence-electron chi connectivity index (χ0n) is 13.1. The van der Waals surface area contributed by atoms with Crippen LogP contribution in [0.1, 0.15) is 43.7 Å². The van der Waals surface area contributed by atoms with Crippen molar-refractivity contribution in [2.24, 2.45) is 0 Å². The summed E-state index contributed by atoms with van der Waals surface area (Å²) in [6, 6.07) is 7.84. The number of hydrogen-bond acceptors (Lipinski definition) is 4. The maximum absolute atomic E-state index is 9.88. The second-order valence-electron chi connectivity index (χ2n) is 5.28. The molecule has 1 aromatic carbocycles. The van der Waals surface area contributed by atoms with E-state index in [0.717, 1.165) is 17.7 Å². The van der Waals surface area contributed by atoms with Crippen LogP contribution in [0.5, 0.6) is 0 Å².